The second kappa shape index (κ2) is 6.51. The summed E-state index contributed by atoms with van der Waals surface area (Å²) in [6, 6.07) is 10.4. The molecule has 0 radical (unpaired) electrons. The lowest BCUT2D eigenvalue weighted by Crippen LogP contribution is -2.19. The number of hydrogen-bond donors (Lipinski definition) is 0. The predicted molar refractivity (Wildman–Crippen MR) is 84.6 cm³/mol. The molecule has 2 rings (SSSR count). The Bertz CT molecular complexity index is 557. The average molecular weight is 266 g/mol. The number of hydrogen-bond acceptors (Lipinski definition) is 1. The Kier molecular flexibility index (Phi) is 4.73. The lowest BCUT2D eigenvalue weighted by molar-refractivity contribution is -0.105. The van der Waals surface area contributed by atoms with E-state index < -0.39 is 0 Å². The van der Waals surface area contributed by atoms with E-state index in [4.69, 9.17) is 0 Å². The number of allylic oxidation sites excluding steroid dienone is 6. The van der Waals surface area contributed by atoms with Crippen molar-refractivity contribution in [3.8, 4) is 0 Å². The summed E-state index contributed by atoms with van der Waals surface area (Å²) in [5, 5.41) is 0. The Morgan fingerprint density at radius 2 is 1.85 bits per heavy atom. The van der Waals surface area contributed by atoms with Gasteiger partial charge in [0, 0.05) is 5.92 Å². The van der Waals surface area contributed by atoms with Crippen LogP contribution in [0, 0.1) is 5.92 Å². The number of rotatable bonds is 4. The average Bonchev–Trinajstić information content (AvgIpc) is 2.46. The first-order chi connectivity index (χ1) is 9.63. The highest BCUT2D eigenvalue weighted by Gasteiger charge is 2.29. The molecular weight excluding hydrogens is 244 g/mol. The zero-order valence-corrected chi connectivity index (χ0v) is 12.5. The van der Waals surface area contributed by atoms with Gasteiger partial charge in [0.15, 0.2) is 0 Å². The minimum atomic E-state index is 0.175. The van der Waals surface area contributed by atoms with Crippen molar-refractivity contribution in [2.24, 2.45) is 5.92 Å². The van der Waals surface area contributed by atoms with Crippen LogP contribution in [-0.4, -0.2) is 6.29 Å². The van der Waals surface area contributed by atoms with Crippen LogP contribution in [0.4, 0.5) is 0 Å². The van der Waals surface area contributed by atoms with E-state index in [9.17, 15) is 4.79 Å². The van der Waals surface area contributed by atoms with Crippen molar-refractivity contribution in [2.75, 3.05) is 0 Å². The van der Waals surface area contributed by atoms with Gasteiger partial charge in [-0.05, 0) is 44.2 Å². The molecule has 2 atom stereocenters. The zero-order valence-electron chi connectivity index (χ0n) is 12.5. The Morgan fingerprint density at radius 3 is 2.45 bits per heavy atom. The Hall–Kier alpha value is -1.89. The number of aldehydes is 1. The highest BCUT2D eigenvalue weighted by molar-refractivity contribution is 5.77. The third-order valence-corrected chi connectivity index (χ3v) is 3.96. The fourth-order valence-electron chi connectivity index (χ4n) is 2.83. The van der Waals surface area contributed by atoms with E-state index in [0.717, 1.165) is 18.3 Å². The first-order valence-electron chi connectivity index (χ1n) is 7.15. The number of carbonyl (C=O) groups is 1. The van der Waals surface area contributed by atoms with Gasteiger partial charge in [0.25, 0.3) is 0 Å². The summed E-state index contributed by atoms with van der Waals surface area (Å²) in [6.07, 6.45) is 8.32. The summed E-state index contributed by atoms with van der Waals surface area (Å²) >= 11 is 0. The lowest BCUT2D eigenvalue weighted by atomic mass is 9.73. The van der Waals surface area contributed by atoms with E-state index in [1.165, 1.54) is 16.7 Å². The molecule has 0 amide bonds. The third-order valence-electron chi connectivity index (χ3n) is 3.96. The van der Waals surface area contributed by atoms with E-state index in [0.29, 0.717) is 5.92 Å². The molecule has 1 heteroatoms. The quantitative estimate of drug-likeness (QED) is 0.563. The van der Waals surface area contributed by atoms with E-state index in [1.807, 2.05) is 24.3 Å². The van der Waals surface area contributed by atoms with Crippen molar-refractivity contribution in [3.63, 3.8) is 0 Å². The molecule has 1 aliphatic rings. The number of benzene rings is 1. The second-order valence-electron chi connectivity index (χ2n) is 5.71. The molecule has 0 unspecified atom stereocenters. The van der Waals surface area contributed by atoms with Gasteiger partial charge in [-0.3, -0.25) is 4.79 Å². The van der Waals surface area contributed by atoms with Gasteiger partial charge in [-0.1, -0.05) is 59.7 Å². The topological polar surface area (TPSA) is 17.1 Å². The van der Waals surface area contributed by atoms with Crippen LogP contribution in [0.3, 0.4) is 0 Å². The van der Waals surface area contributed by atoms with Crippen molar-refractivity contribution < 1.29 is 4.79 Å². The van der Waals surface area contributed by atoms with Gasteiger partial charge >= 0.3 is 0 Å². The number of carbonyl (C=O) groups excluding carboxylic acids is 1. The van der Waals surface area contributed by atoms with Crippen molar-refractivity contribution in [1.29, 1.82) is 0 Å². The third kappa shape index (κ3) is 3.16. The molecule has 1 aromatic rings. The lowest BCUT2D eigenvalue weighted by Gasteiger charge is -2.31. The molecule has 0 saturated carbocycles. The summed E-state index contributed by atoms with van der Waals surface area (Å²) in [6.45, 7) is 6.41. The normalized spacial score (nSPS) is 21.8. The van der Waals surface area contributed by atoms with Gasteiger partial charge in [0.1, 0.15) is 6.29 Å². The van der Waals surface area contributed by atoms with Crippen LogP contribution in [-0.2, 0) is 4.79 Å². The smallest absolute Gasteiger partial charge is 0.146 e. The van der Waals surface area contributed by atoms with Crippen LogP contribution in [0.2, 0.25) is 0 Å². The maximum Gasteiger partial charge on any atom is 0.146 e. The van der Waals surface area contributed by atoms with E-state index in [-0.39, 0.29) is 5.92 Å². The molecule has 20 heavy (non-hydrogen) atoms. The molecular formula is C19H22O. The molecule has 0 N–H and O–H groups in total. The van der Waals surface area contributed by atoms with Gasteiger partial charge in [-0.15, -0.1) is 0 Å². The van der Waals surface area contributed by atoms with Crippen molar-refractivity contribution in [2.45, 2.75) is 33.1 Å². The molecule has 0 heterocycles. The predicted octanol–water partition coefficient (Wildman–Crippen LogP) is 4.83. The largest absolute Gasteiger partial charge is 0.298 e. The van der Waals surface area contributed by atoms with Gasteiger partial charge in [0.2, 0.25) is 0 Å². The summed E-state index contributed by atoms with van der Waals surface area (Å²) < 4.78 is 0. The summed E-state index contributed by atoms with van der Waals surface area (Å²) in [5.74, 6) is 0.548. The van der Waals surface area contributed by atoms with Gasteiger partial charge in [0.05, 0.1) is 0 Å². The Balaban J connectivity index is 2.40. The fraction of sp³-hybridized carbons (Fsp3) is 0.316. The zero-order chi connectivity index (χ0) is 14.5. The molecule has 0 saturated heterocycles. The SMILES string of the molecule is CC(C)=CC[C@H]1C(C)=CC=C(C=O)[C@H]1c1ccccc1. The minimum Gasteiger partial charge on any atom is -0.298 e. The molecule has 0 bridgehead atoms. The molecule has 1 nitrogen and oxygen atoms in total. The van der Waals surface area contributed by atoms with Crippen LogP contribution >= 0.6 is 0 Å². The molecule has 0 spiro atoms. The maximum atomic E-state index is 11.4. The van der Waals surface area contributed by atoms with E-state index >= 15 is 0 Å². The van der Waals surface area contributed by atoms with Crippen LogP contribution in [0.1, 0.15) is 38.7 Å². The van der Waals surface area contributed by atoms with E-state index in [1.54, 1.807) is 0 Å². The standard InChI is InChI=1S/C19H22O/c1-14(2)9-12-18-15(3)10-11-17(13-20)19(18)16-7-5-4-6-8-16/h4-11,13,18-19H,12H2,1-3H3/t18-,19+/m0/s1. The van der Waals surface area contributed by atoms with Crippen molar-refractivity contribution in [1.82, 2.24) is 0 Å². The van der Waals surface area contributed by atoms with Crippen molar-refractivity contribution in [3.05, 3.63) is 70.8 Å². The van der Waals surface area contributed by atoms with Gasteiger partial charge in [-0.25, -0.2) is 0 Å². The van der Waals surface area contributed by atoms with Crippen LogP contribution in [0.25, 0.3) is 0 Å². The maximum absolute atomic E-state index is 11.4. The highest BCUT2D eigenvalue weighted by Crippen LogP contribution is 2.40. The summed E-state index contributed by atoms with van der Waals surface area (Å²) in [4.78, 5) is 11.4. The monoisotopic (exact) mass is 266 g/mol. The first-order valence-corrected chi connectivity index (χ1v) is 7.15. The minimum absolute atomic E-state index is 0.175. The van der Waals surface area contributed by atoms with Crippen LogP contribution in [0.5, 0.6) is 0 Å². The summed E-state index contributed by atoms with van der Waals surface area (Å²) in [7, 11) is 0. The molecule has 1 aliphatic carbocycles. The fourth-order valence-corrected chi connectivity index (χ4v) is 2.83. The molecule has 0 aromatic heterocycles. The van der Waals surface area contributed by atoms with Gasteiger partial charge in [-0.2, -0.15) is 0 Å². The second-order valence-corrected chi connectivity index (χ2v) is 5.71. The highest BCUT2D eigenvalue weighted by atomic mass is 16.1. The first kappa shape index (κ1) is 14.5. The van der Waals surface area contributed by atoms with Crippen LogP contribution < -0.4 is 0 Å². The Labute approximate surface area is 121 Å². The summed E-state index contributed by atoms with van der Waals surface area (Å²) in [5.41, 5.74) is 4.79. The van der Waals surface area contributed by atoms with Crippen molar-refractivity contribution >= 4 is 6.29 Å². The molecule has 0 fully saturated rings. The molecule has 104 valence electrons. The van der Waals surface area contributed by atoms with E-state index in [2.05, 4.69) is 45.1 Å². The molecule has 1 aromatic carbocycles. The molecule has 0 aliphatic heterocycles. The van der Waals surface area contributed by atoms with Gasteiger partial charge < -0.3 is 0 Å². The Morgan fingerprint density at radius 1 is 1.15 bits per heavy atom. The van der Waals surface area contributed by atoms with Crippen LogP contribution in [0.15, 0.2) is 65.3 Å².